The first-order valence-electron chi connectivity index (χ1n) is 6.14. The number of carbonyl (C=O) groups is 1. The molecular weight excluding hydrogens is 297 g/mol. The predicted molar refractivity (Wildman–Crippen MR) is 77.4 cm³/mol. The second kappa shape index (κ2) is 4.85. The number of aromatic nitrogens is 2. The molecule has 0 radical (unpaired) electrons. The molecule has 6 nitrogen and oxygen atoms in total. The molecular formula is C13H11ClFN5O. The highest BCUT2D eigenvalue weighted by atomic mass is 35.5. The van der Waals surface area contributed by atoms with Crippen molar-refractivity contribution in [1.29, 1.82) is 0 Å². The first kappa shape index (κ1) is 13.6. The Bertz CT molecular complexity index is 731. The molecule has 5 N–H and O–H groups in total. The molecule has 108 valence electrons. The second-order valence-electron chi connectivity index (χ2n) is 4.67. The van der Waals surface area contributed by atoms with Crippen LogP contribution in [0.1, 0.15) is 23.5 Å². The van der Waals surface area contributed by atoms with Crippen molar-refractivity contribution in [3.05, 3.63) is 40.2 Å². The fourth-order valence-electron chi connectivity index (χ4n) is 2.50. The normalized spacial score (nSPS) is 17.2. The molecule has 0 saturated heterocycles. The van der Waals surface area contributed by atoms with Crippen molar-refractivity contribution < 1.29 is 9.18 Å². The van der Waals surface area contributed by atoms with Gasteiger partial charge in [0.25, 0.3) is 0 Å². The van der Waals surface area contributed by atoms with Crippen LogP contribution < -0.4 is 16.8 Å². The quantitative estimate of drug-likeness (QED) is 0.746. The summed E-state index contributed by atoms with van der Waals surface area (Å²) in [7, 11) is 0. The fourth-order valence-corrected chi connectivity index (χ4v) is 2.80. The van der Waals surface area contributed by atoms with Gasteiger partial charge in [-0.15, -0.1) is 0 Å². The summed E-state index contributed by atoms with van der Waals surface area (Å²) in [5.41, 5.74) is 12.0. The monoisotopic (exact) mass is 307 g/mol. The fraction of sp³-hybridized carbons (Fsp3) is 0.154. The van der Waals surface area contributed by atoms with Crippen LogP contribution in [0.4, 0.5) is 22.0 Å². The van der Waals surface area contributed by atoms with Crippen molar-refractivity contribution in [2.75, 3.05) is 16.8 Å². The summed E-state index contributed by atoms with van der Waals surface area (Å²) >= 11 is 6.08. The molecule has 21 heavy (non-hydrogen) atoms. The number of amides is 1. The molecule has 1 aliphatic rings. The Kier molecular flexibility index (Phi) is 3.13. The predicted octanol–water partition coefficient (Wildman–Crippen LogP) is 1.91. The van der Waals surface area contributed by atoms with Crippen LogP contribution >= 0.6 is 11.6 Å². The van der Waals surface area contributed by atoms with Crippen molar-refractivity contribution in [1.82, 2.24) is 9.97 Å². The average molecular weight is 308 g/mol. The number of hydrogen-bond acceptors (Lipinski definition) is 5. The summed E-state index contributed by atoms with van der Waals surface area (Å²) in [6, 6.07) is 4.33. The van der Waals surface area contributed by atoms with E-state index < -0.39 is 11.7 Å². The van der Waals surface area contributed by atoms with Gasteiger partial charge in [0.05, 0.1) is 0 Å². The largest absolute Gasteiger partial charge is 0.383 e. The van der Waals surface area contributed by atoms with Crippen molar-refractivity contribution in [3.8, 4) is 0 Å². The SMILES string of the molecule is Nc1nc(N)c2c(n1)NC(=O)C[C@H]2c1c(F)cccc1Cl. The molecule has 0 bridgehead atoms. The van der Waals surface area contributed by atoms with Crippen molar-refractivity contribution in [2.24, 2.45) is 0 Å². The van der Waals surface area contributed by atoms with Gasteiger partial charge in [0.15, 0.2) is 0 Å². The van der Waals surface area contributed by atoms with Crippen LogP contribution in [0.15, 0.2) is 18.2 Å². The van der Waals surface area contributed by atoms with Gasteiger partial charge in [-0.05, 0) is 12.1 Å². The van der Waals surface area contributed by atoms with Crippen molar-refractivity contribution in [3.63, 3.8) is 0 Å². The summed E-state index contributed by atoms with van der Waals surface area (Å²) in [5, 5.41) is 2.78. The van der Waals surface area contributed by atoms with E-state index in [4.69, 9.17) is 23.1 Å². The van der Waals surface area contributed by atoms with Gasteiger partial charge in [-0.2, -0.15) is 9.97 Å². The summed E-state index contributed by atoms with van der Waals surface area (Å²) in [4.78, 5) is 19.7. The number of carbonyl (C=O) groups excluding carboxylic acids is 1. The minimum absolute atomic E-state index is 0.00509. The molecule has 1 aliphatic heterocycles. The van der Waals surface area contributed by atoms with E-state index in [9.17, 15) is 9.18 Å². The highest BCUT2D eigenvalue weighted by Crippen LogP contribution is 2.42. The maximum Gasteiger partial charge on any atom is 0.226 e. The van der Waals surface area contributed by atoms with Crippen molar-refractivity contribution >= 4 is 35.1 Å². The van der Waals surface area contributed by atoms with Gasteiger partial charge in [-0.25, -0.2) is 4.39 Å². The highest BCUT2D eigenvalue weighted by Gasteiger charge is 2.33. The van der Waals surface area contributed by atoms with Crippen LogP contribution in [0.5, 0.6) is 0 Å². The summed E-state index contributed by atoms with van der Waals surface area (Å²) in [6.45, 7) is 0. The van der Waals surface area contributed by atoms with E-state index in [1.165, 1.54) is 12.1 Å². The second-order valence-corrected chi connectivity index (χ2v) is 5.08. The Morgan fingerprint density at radius 3 is 2.76 bits per heavy atom. The van der Waals surface area contributed by atoms with Crippen LogP contribution in [-0.2, 0) is 4.79 Å². The summed E-state index contributed by atoms with van der Waals surface area (Å²) in [6.07, 6.45) is 0.00509. The first-order chi connectivity index (χ1) is 9.97. The van der Waals surface area contributed by atoms with Gasteiger partial charge in [0, 0.05) is 28.5 Å². The number of anilines is 3. The number of nitrogens with one attached hydrogen (secondary N) is 1. The zero-order chi connectivity index (χ0) is 15.1. The van der Waals surface area contributed by atoms with E-state index in [0.29, 0.717) is 5.56 Å². The van der Waals surface area contributed by atoms with Crippen molar-refractivity contribution in [2.45, 2.75) is 12.3 Å². The number of rotatable bonds is 1. The zero-order valence-corrected chi connectivity index (χ0v) is 11.5. The van der Waals surface area contributed by atoms with E-state index in [-0.39, 0.29) is 40.5 Å². The average Bonchev–Trinajstić information content (AvgIpc) is 2.36. The van der Waals surface area contributed by atoms with Crippen LogP contribution in [0.3, 0.4) is 0 Å². The van der Waals surface area contributed by atoms with E-state index in [1.807, 2.05) is 0 Å². The number of halogens is 2. The molecule has 0 aliphatic carbocycles. The van der Waals surface area contributed by atoms with Gasteiger partial charge < -0.3 is 16.8 Å². The number of fused-ring (bicyclic) bond motifs is 1. The lowest BCUT2D eigenvalue weighted by Crippen LogP contribution is -2.27. The van der Waals surface area contributed by atoms with E-state index in [2.05, 4.69) is 15.3 Å². The van der Waals surface area contributed by atoms with Gasteiger partial charge >= 0.3 is 0 Å². The molecule has 1 aromatic heterocycles. The van der Waals surface area contributed by atoms with Crippen LogP contribution in [0.25, 0.3) is 0 Å². The Labute approximate surface area is 124 Å². The van der Waals surface area contributed by atoms with Gasteiger partial charge in [0.2, 0.25) is 11.9 Å². The minimum Gasteiger partial charge on any atom is -0.383 e. The topological polar surface area (TPSA) is 107 Å². The standard InChI is InChI=1S/C13H11ClFN5O/c14-6-2-1-3-7(15)9(6)5-4-8(21)18-12-10(5)11(16)19-13(17)20-12/h1-3,5H,4H2,(H5,16,17,18,19,20,21)/t5-/m0/s1. The number of hydrogen-bond donors (Lipinski definition) is 3. The van der Waals surface area contributed by atoms with Crippen LogP contribution in [-0.4, -0.2) is 15.9 Å². The van der Waals surface area contributed by atoms with Gasteiger partial charge in [0.1, 0.15) is 17.5 Å². The molecule has 0 unspecified atom stereocenters. The molecule has 0 spiro atoms. The minimum atomic E-state index is -0.650. The maximum atomic E-state index is 14.1. The molecule has 0 saturated carbocycles. The van der Waals surface area contributed by atoms with E-state index >= 15 is 0 Å². The van der Waals surface area contributed by atoms with Crippen LogP contribution in [0.2, 0.25) is 5.02 Å². The third-order valence-corrected chi connectivity index (χ3v) is 3.67. The zero-order valence-electron chi connectivity index (χ0n) is 10.7. The lowest BCUT2D eigenvalue weighted by atomic mass is 9.86. The third kappa shape index (κ3) is 2.25. The van der Waals surface area contributed by atoms with Crippen LogP contribution in [0, 0.1) is 5.82 Å². The highest BCUT2D eigenvalue weighted by molar-refractivity contribution is 6.31. The molecule has 8 heteroatoms. The Balaban J connectivity index is 2.25. The molecule has 1 aromatic carbocycles. The molecule has 1 amide bonds. The summed E-state index contributed by atoms with van der Waals surface area (Å²) < 4.78 is 14.1. The van der Waals surface area contributed by atoms with Gasteiger partial charge in [-0.1, -0.05) is 17.7 Å². The number of benzene rings is 1. The van der Waals surface area contributed by atoms with E-state index in [1.54, 1.807) is 6.07 Å². The third-order valence-electron chi connectivity index (χ3n) is 3.34. The number of nitrogen functional groups attached to an aromatic ring is 2. The molecule has 1 atom stereocenters. The molecule has 2 aromatic rings. The molecule has 0 fully saturated rings. The maximum absolute atomic E-state index is 14.1. The molecule has 3 rings (SSSR count). The molecule has 2 heterocycles. The first-order valence-corrected chi connectivity index (χ1v) is 6.51. The number of nitrogens with zero attached hydrogens (tertiary/aromatic N) is 2. The lowest BCUT2D eigenvalue weighted by molar-refractivity contribution is -0.116. The Morgan fingerprint density at radius 2 is 2.05 bits per heavy atom. The summed E-state index contributed by atoms with van der Waals surface area (Å²) in [5.74, 6) is -1.24. The van der Waals surface area contributed by atoms with Gasteiger partial charge in [-0.3, -0.25) is 4.79 Å². The lowest BCUT2D eigenvalue weighted by Gasteiger charge is -2.26. The number of nitrogens with two attached hydrogens (primary N) is 2. The Morgan fingerprint density at radius 1 is 1.29 bits per heavy atom. The Hall–Kier alpha value is -2.41. The van der Waals surface area contributed by atoms with E-state index in [0.717, 1.165) is 0 Å². The smallest absolute Gasteiger partial charge is 0.226 e.